The van der Waals surface area contributed by atoms with Crippen LogP contribution in [0.1, 0.15) is 18.2 Å². The molecule has 0 aliphatic heterocycles. The van der Waals surface area contributed by atoms with Crippen LogP contribution in [0.15, 0.2) is 36.4 Å². The average molecular weight is 202 g/mol. The molecule has 0 amide bonds. The van der Waals surface area contributed by atoms with E-state index in [-0.39, 0.29) is 12.6 Å². The van der Waals surface area contributed by atoms with Crippen LogP contribution in [0.3, 0.4) is 0 Å². The molecule has 0 aliphatic carbocycles. The van der Waals surface area contributed by atoms with E-state index in [1.165, 1.54) is 0 Å². The largest absolute Gasteiger partial charge is 0.396 e. The first-order chi connectivity index (χ1) is 7.31. The zero-order valence-electron chi connectivity index (χ0n) is 8.43. The minimum absolute atomic E-state index is 0.0929. The van der Waals surface area contributed by atoms with Gasteiger partial charge < -0.3 is 10.8 Å². The van der Waals surface area contributed by atoms with Gasteiger partial charge in [0.15, 0.2) is 0 Å². The molecule has 1 aromatic heterocycles. The first-order valence-electron chi connectivity index (χ1n) is 5.03. The third-order valence-corrected chi connectivity index (χ3v) is 2.44. The first kappa shape index (κ1) is 10.1. The second kappa shape index (κ2) is 4.38. The van der Waals surface area contributed by atoms with Gasteiger partial charge in [-0.25, -0.2) is 0 Å². The summed E-state index contributed by atoms with van der Waals surface area (Å²) in [7, 11) is 0. The molecule has 78 valence electrons. The van der Waals surface area contributed by atoms with Crippen molar-refractivity contribution in [2.75, 3.05) is 6.61 Å². The molecule has 0 bridgehead atoms. The summed E-state index contributed by atoms with van der Waals surface area (Å²) in [5, 5.41) is 9.91. The van der Waals surface area contributed by atoms with Crippen LogP contribution < -0.4 is 5.73 Å². The predicted octanol–water partition coefficient (Wildman–Crippen LogP) is 1.62. The Hall–Kier alpha value is -1.45. The van der Waals surface area contributed by atoms with Gasteiger partial charge in [0.2, 0.25) is 0 Å². The van der Waals surface area contributed by atoms with Crippen LogP contribution in [-0.4, -0.2) is 16.7 Å². The summed E-state index contributed by atoms with van der Waals surface area (Å²) in [4.78, 5) is 4.46. The number of fused-ring (bicyclic) bond motifs is 1. The number of benzene rings is 1. The second-order valence-electron chi connectivity index (χ2n) is 3.55. The molecule has 1 atom stereocenters. The summed E-state index contributed by atoms with van der Waals surface area (Å²) in [5.41, 5.74) is 7.66. The van der Waals surface area contributed by atoms with Crippen molar-refractivity contribution < 1.29 is 5.11 Å². The van der Waals surface area contributed by atoms with E-state index in [9.17, 15) is 0 Å². The number of nitrogens with zero attached hydrogens (tertiary/aromatic N) is 1. The lowest BCUT2D eigenvalue weighted by molar-refractivity contribution is 0.275. The number of aliphatic hydroxyl groups excluding tert-OH is 1. The molecule has 1 heterocycles. The lowest BCUT2D eigenvalue weighted by Gasteiger charge is -2.09. The number of pyridine rings is 1. The Balaban J connectivity index is 2.38. The van der Waals surface area contributed by atoms with E-state index in [4.69, 9.17) is 10.8 Å². The molecule has 1 aromatic carbocycles. The Kier molecular flexibility index (Phi) is 2.94. The predicted molar refractivity (Wildman–Crippen MR) is 60.4 cm³/mol. The van der Waals surface area contributed by atoms with Gasteiger partial charge in [-0.2, -0.15) is 0 Å². The van der Waals surface area contributed by atoms with Gasteiger partial charge in [-0.15, -0.1) is 0 Å². The van der Waals surface area contributed by atoms with Gasteiger partial charge in [0.1, 0.15) is 0 Å². The maximum absolute atomic E-state index is 8.80. The number of nitrogens with two attached hydrogens (primary N) is 1. The molecule has 0 aliphatic rings. The van der Waals surface area contributed by atoms with Crippen molar-refractivity contribution in [1.29, 1.82) is 0 Å². The van der Waals surface area contributed by atoms with Crippen LogP contribution in [0.2, 0.25) is 0 Å². The minimum Gasteiger partial charge on any atom is -0.396 e. The Morgan fingerprint density at radius 3 is 2.80 bits per heavy atom. The highest BCUT2D eigenvalue weighted by Gasteiger charge is 2.06. The number of para-hydroxylation sites is 1. The maximum Gasteiger partial charge on any atom is 0.0706 e. The Morgan fingerprint density at radius 2 is 2.00 bits per heavy atom. The van der Waals surface area contributed by atoms with Gasteiger partial charge in [-0.1, -0.05) is 24.3 Å². The van der Waals surface area contributed by atoms with Crippen molar-refractivity contribution in [3.63, 3.8) is 0 Å². The smallest absolute Gasteiger partial charge is 0.0706 e. The van der Waals surface area contributed by atoms with Crippen LogP contribution in [-0.2, 0) is 0 Å². The summed E-state index contributed by atoms with van der Waals surface area (Å²) in [6, 6.07) is 11.7. The second-order valence-corrected chi connectivity index (χ2v) is 3.55. The average Bonchev–Trinajstić information content (AvgIpc) is 2.29. The fraction of sp³-hybridized carbons (Fsp3) is 0.250. The summed E-state index contributed by atoms with van der Waals surface area (Å²) in [6.45, 7) is 0.0929. The minimum atomic E-state index is -0.181. The molecule has 3 nitrogen and oxygen atoms in total. The number of aromatic nitrogens is 1. The molecule has 3 heteroatoms. The molecule has 0 saturated heterocycles. The summed E-state index contributed by atoms with van der Waals surface area (Å²) >= 11 is 0. The first-order valence-corrected chi connectivity index (χ1v) is 5.03. The Morgan fingerprint density at radius 1 is 1.20 bits per heavy atom. The SMILES string of the molecule is N[C@@H](CCO)c1ccc2ccccc2n1. The van der Waals surface area contributed by atoms with E-state index in [0.29, 0.717) is 6.42 Å². The monoisotopic (exact) mass is 202 g/mol. The van der Waals surface area contributed by atoms with Gasteiger partial charge in [0.05, 0.1) is 11.2 Å². The lowest BCUT2D eigenvalue weighted by Crippen LogP contribution is -2.13. The highest BCUT2D eigenvalue weighted by atomic mass is 16.3. The van der Waals surface area contributed by atoms with Crippen molar-refractivity contribution in [3.05, 3.63) is 42.1 Å². The molecule has 2 aromatic rings. The van der Waals surface area contributed by atoms with Gasteiger partial charge in [-0.05, 0) is 18.6 Å². The number of rotatable bonds is 3. The summed E-state index contributed by atoms with van der Waals surface area (Å²) in [6.07, 6.45) is 0.547. The number of hydrogen-bond acceptors (Lipinski definition) is 3. The van der Waals surface area contributed by atoms with E-state index < -0.39 is 0 Å². The normalized spacial score (nSPS) is 12.9. The quantitative estimate of drug-likeness (QED) is 0.795. The fourth-order valence-corrected chi connectivity index (χ4v) is 1.58. The maximum atomic E-state index is 8.80. The van der Waals surface area contributed by atoms with Crippen molar-refractivity contribution in [1.82, 2.24) is 4.98 Å². The van der Waals surface area contributed by atoms with Crippen LogP contribution in [0.4, 0.5) is 0 Å². The molecule has 15 heavy (non-hydrogen) atoms. The van der Waals surface area contributed by atoms with E-state index >= 15 is 0 Å². The molecule has 0 fully saturated rings. The van der Waals surface area contributed by atoms with Gasteiger partial charge in [-0.3, -0.25) is 4.98 Å². The highest BCUT2D eigenvalue weighted by molar-refractivity contribution is 5.78. The number of hydrogen-bond donors (Lipinski definition) is 2. The Labute approximate surface area is 88.6 Å². The van der Waals surface area contributed by atoms with Crippen LogP contribution in [0.25, 0.3) is 10.9 Å². The Bertz CT molecular complexity index is 456. The standard InChI is InChI=1S/C12H14N2O/c13-10(7-8-15)12-6-5-9-3-1-2-4-11(9)14-12/h1-6,10,15H,7-8,13H2/t10-/m0/s1. The van der Waals surface area contributed by atoms with Gasteiger partial charge >= 0.3 is 0 Å². The molecule has 3 N–H and O–H groups in total. The van der Waals surface area contributed by atoms with E-state index in [1.54, 1.807) is 0 Å². The van der Waals surface area contributed by atoms with Crippen molar-refractivity contribution >= 4 is 10.9 Å². The zero-order valence-corrected chi connectivity index (χ0v) is 8.43. The van der Waals surface area contributed by atoms with Gasteiger partial charge in [0.25, 0.3) is 0 Å². The van der Waals surface area contributed by atoms with Crippen molar-refractivity contribution in [2.45, 2.75) is 12.5 Å². The third-order valence-electron chi connectivity index (χ3n) is 2.44. The van der Waals surface area contributed by atoms with Gasteiger partial charge in [0, 0.05) is 18.0 Å². The van der Waals surface area contributed by atoms with Crippen LogP contribution in [0.5, 0.6) is 0 Å². The zero-order chi connectivity index (χ0) is 10.7. The molecule has 0 unspecified atom stereocenters. The molecule has 0 radical (unpaired) electrons. The summed E-state index contributed by atoms with van der Waals surface area (Å²) in [5.74, 6) is 0. The molecule has 0 saturated carbocycles. The highest BCUT2D eigenvalue weighted by Crippen LogP contribution is 2.16. The summed E-state index contributed by atoms with van der Waals surface area (Å²) < 4.78 is 0. The van der Waals surface area contributed by atoms with E-state index in [2.05, 4.69) is 4.98 Å². The fourth-order valence-electron chi connectivity index (χ4n) is 1.58. The topological polar surface area (TPSA) is 59.1 Å². The molecular formula is C12H14N2O. The van der Waals surface area contributed by atoms with Crippen LogP contribution in [0, 0.1) is 0 Å². The molecule has 2 rings (SSSR count). The van der Waals surface area contributed by atoms with Crippen molar-refractivity contribution in [3.8, 4) is 0 Å². The number of aliphatic hydroxyl groups is 1. The lowest BCUT2D eigenvalue weighted by atomic mass is 10.1. The van der Waals surface area contributed by atoms with E-state index in [1.807, 2.05) is 36.4 Å². The van der Waals surface area contributed by atoms with Crippen molar-refractivity contribution in [2.24, 2.45) is 5.73 Å². The van der Waals surface area contributed by atoms with E-state index in [0.717, 1.165) is 16.6 Å². The molecule has 0 spiro atoms. The van der Waals surface area contributed by atoms with Crippen LogP contribution >= 0.6 is 0 Å². The molecular weight excluding hydrogens is 188 g/mol. The third kappa shape index (κ3) is 2.14.